The fourth-order valence-electron chi connectivity index (χ4n) is 3.73. The van der Waals surface area contributed by atoms with Crippen molar-refractivity contribution < 1.29 is 4.74 Å². The average molecular weight is 384 g/mol. The number of morpholine rings is 1. The summed E-state index contributed by atoms with van der Waals surface area (Å²) in [5, 5.41) is 3.58. The summed E-state index contributed by atoms with van der Waals surface area (Å²) >= 11 is 0. The van der Waals surface area contributed by atoms with Gasteiger partial charge in [-0.2, -0.15) is 0 Å². The first-order chi connectivity index (χ1) is 13.7. The first-order valence-corrected chi connectivity index (χ1v) is 10.9. The van der Waals surface area contributed by atoms with Gasteiger partial charge in [0.2, 0.25) is 0 Å². The van der Waals surface area contributed by atoms with Gasteiger partial charge in [0.1, 0.15) is 12.0 Å². The van der Waals surface area contributed by atoms with Crippen LogP contribution < -0.4 is 5.32 Å². The number of ether oxygens (including phenoxy) is 1. The van der Waals surface area contributed by atoms with Crippen molar-refractivity contribution in [2.45, 2.75) is 60.5 Å². The van der Waals surface area contributed by atoms with Gasteiger partial charge in [0, 0.05) is 18.7 Å². The zero-order valence-electron chi connectivity index (χ0n) is 18.5. The Labute approximate surface area is 171 Å². The molecule has 3 aliphatic rings. The van der Waals surface area contributed by atoms with Gasteiger partial charge in [0.25, 0.3) is 0 Å². The number of anilines is 1. The number of rotatable bonds is 1. The molecule has 0 radical (unpaired) electrons. The second-order valence-corrected chi connectivity index (χ2v) is 6.67. The molecule has 4 heteroatoms. The van der Waals surface area contributed by atoms with Gasteiger partial charge in [0.05, 0.1) is 18.9 Å². The summed E-state index contributed by atoms with van der Waals surface area (Å²) in [5.74, 6) is 1.11. The maximum absolute atomic E-state index is 5.50. The molecule has 0 amide bonds. The Bertz CT molecular complexity index is 728. The van der Waals surface area contributed by atoms with Crippen molar-refractivity contribution in [3.63, 3.8) is 0 Å². The third-order valence-electron chi connectivity index (χ3n) is 4.99. The first kappa shape index (κ1) is 22.2. The van der Waals surface area contributed by atoms with Crippen LogP contribution in [0.25, 0.3) is 5.57 Å². The number of benzene rings is 1. The van der Waals surface area contributed by atoms with Crippen LogP contribution >= 0.6 is 0 Å². The van der Waals surface area contributed by atoms with Crippen LogP contribution in [0.1, 0.15) is 64.2 Å². The minimum atomic E-state index is 0.0974. The smallest absolute Gasteiger partial charge is 0.135 e. The van der Waals surface area contributed by atoms with Crippen LogP contribution in [0.4, 0.5) is 5.69 Å². The number of fused-ring (bicyclic) bond motifs is 1. The van der Waals surface area contributed by atoms with E-state index in [9.17, 15) is 0 Å². The molecule has 1 N–H and O–H groups in total. The van der Waals surface area contributed by atoms with E-state index in [-0.39, 0.29) is 6.17 Å². The fourth-order valence-corrected chi connectivity index (χ4v) is 3.73. The molecule has 4 nitrogen and oxygen atoms in total. The van der Waals surface area contributed by atoms with Gasteiger partial charge in [-0.1, -0.05) is 52.0 Å². The lowest BCUT2D eigenvalue weighted by Gasteiger charge is -2.35. The fraction of sp³-hybridized carbons (Fsp3) is 0.542. The van der Waals surface area contributed by atoms with Crippen molar-refractivity contribution in [1.29, 1.82) is 0 Å². The lowest BCUT2D eigenvalue weighted by molar-refractivity contribution is 0.0680. The van der Waals surface area contributed by atoms with Crippen molar-refractivity contribution in [3.05, 3.63) is 47.1 Å². The topological polar surface area (TPSA) is 36.9 Å². The van der Waals surface area contributed by atoms with Crippen LogP contribution in [0.3, 0.4) is 0 Å². The summed E-state index contributed by atoms with van der Waals surface area (Å²) in [6.45, 7) is 15.7. The summed E-state index contributed by atoms with van der Waals surface area (Å²) < 4.78 is 5.50. The quantitative estimate of drug-likeness (QED) is 0.683. The second-order valence-electron chi connectivity index (χ2n) is 6.67. The van der Waals surface area contributed by atoms with Crippen LogP contribution in [-0.4, -0.2) is 43.2 Å². The monoisotopic (exact) mass is 383 g/mol. The van der Waals surface area contributed by atoms with E-state index in [0.717, 1.165) is 45.0 Å². The van der Waals surface area contributed by atoms with Crippen molar-refractivity contribution in [2.24, 2.45) is 4.99 Å². The van der Waals surface area contributed by atoms with E-state index in [4.69, 9.17) is 9.73 Å². The van der Waals surface area contributed by atoms with Gasteiger partial charge in [-0.3, -0.25) is 0 Å². The Morgan fingerprint density at radius 3 is 2.36 bits per heavy atom. The van der Waals surface area contributed by atoms with Crippen molar-refractivity contribution >= 4 is 17.1 Å². The van der Waals surface area contributed by atoms with E-state index in [1.54, 1.807) is 0 Å². The molecule has 2 aliphatic heterocycles. The SMILES string of the molecule is CC.CC.Cc1c(C2=CCCC=C2)ccc2c1NC(C)N=C2N1CCOCC1. The molecular formula is C24H37N3O. The molecule has 0 saturated carbocycles. The molecule has 1 saturated heterocycles. The van der Waals surface area contributed by atoms with Gasteiger partial charge < -0.3 is 15.0 Å². The summed E-state index contributed by atoms with van der Waals surface area (Å²) in [6.07, 6.45) is 9.24. The van der Waals surface area contributed by atoms with Gasteiger partial charge in [-0.25, -0.2) is 4.99 Å². The zero-order chi connectivity index (χ0) is 20.5. The maximum Gasteiger partial charge on any atom is 0.135 e. The van der Waals surface area contributed by atoms with Crippen molar-refractivity contribution in [1.82, 2.24) is 4.90 Å². The highest BCUT2D eigenvalue weighted by atomic mass is 16.5. The van der Waals surface area contributed by atoms with E-state index < -0.39 is 0 Å². The minimum Gasteiger partial charge on any atom is -0.378 e. The molecular weight excluding hydrogens is 346 g/mol. The number of nitrogens with one attached hydrogen (secondary N) is 1. The normalized spacial score (nSPS) is 20.4. The van der Waals surface area contributed by atoms with E-state index in [1.807, 2.05) is 27.7 Å². The lowest BCUT2D eigenvalue weighted by Crippen LogP contribution is -2.43. The molecule has 1 atom stereocenters. The third kappa shape index (κ3) is 4.85. The maximum atomic E-state index is 5.50. The van der Waals surface area contributed by atoms with Gasteiger partial charge in [0.15, 0.2) is 0 Å². The van der Waals surface area contributed by atoms with Crippen molar-refractivity contribution in [2.75, 3.05) is 31.6 Å². The zero-order valence-corrected chi connectivity index (χ0v) is 18.5. The molecule has 154 valence electrons. The first-order valence-electron chi connectivity index (χ1n) is 10.9. The predicted molar refractivity (Wildman–Crippen MR) is 122 cm³/mol. The highest BCUT2D eigenvalue weighted by Crippen LogP contribution is 2.34. The molecule has 1 aromatic rings. The molecule has 28 heavy (non-hydrogen) atoms. The molecule has 1 aromatic carbocycles. The predicted octanol–water partition coefficient (Wildman–Crippen LogP) is 5.63. The summed E-state index contributed by atoms with van der Waals surface area (Å²) in [7, 11) is 0. The summed E-state index contributed by atoms with van der Waals surface area (Å²) in [5.41, 5.74) is 6.44. The molecule has 4 rings (SSSR count). The Morgan fingerprint density at radius 2 is 1.71 bits per heavy atom. The number of hydrogen-bond donors (Lipinski definition) is 1. The standard InChI is InChI=1S/C20H25N3O.2C2H6/c1-14-17(16-6-4-3-5-7-16)8-9-18-19(14)21-15(2)22-20(18)23-10-12-24-13-11-23;2*1-2/h4,6-9,15,21H,3,5,10-13H2,1-2H3;2*1-2H3. The van der Waals surface area contributed by atoms with Gasteiger partial charge in [-0.15, -0.1) is 0 Å². The lowest BCUT2D eigenvalue weighted by atomic mass is 9.92. The molecule has 1 fully saturated rings. The largest absolute Gasteiger partial charge is 0.378 e. The molecule has 2 heterocycles. The Morgan fingerprint density at radius 1 is 1.04 bits per heavy atom. The van der Waals surface area contributed by atoms with E-state index in [2.05, 4.69) is 54.4 Å². The van der Waals surface area contributed by atoms with Gasteiger partial charge in [-0.05, 0) is 49.5 Å². The van der Waals surface area contributed by atoms with Crippen molar-refractivity contribution in [3.8, 4) is 0 Å². The summed E-state index contributed by atoms with van der Waals surface area (Å²) in [6, 6.07) is 4.48. The molecule has 1 aliphatic carbocycles. The number of nitrogens with zero attached hydrogens (tertiary/aromatic N) is 2. The number of amidine groups is 1. The van der Waals surface area contributed by atoms with Crippen LogP contribution in [0, 0.1) is 6.92 Å². The van der Waals surface area contributed by atoms with Crippen LogP contribution in [0.15, 0.2) is 35.4 Å². The van der Waals surface area contributed by atoms with E-state index in [1.165, 1.54) is 28.0 Å². The number of aliphatic imine (C=N–C) groups is 1. The summed E-state index contributed by atoms with van der Waals surface area (Å²) in [4.78, 5) is 7.24. The Kier molecular flexibility index (Phi) is 8.78. The molecule has 1 unspecified atom stereocenters. The average Bonchev–Trinajstić information content (AvgIpc) is 2.78. The molecule has 0 aromatic heterocycles. The molecule has 0 bridgehead atoms. The van der Waals surface area contributed by atoms with Crippen LogP contribution in [0.5, 0.6) is 0 Å². The highest BCUT2D eigenvalue weighted by Gasteiger charge is 2.26. The highest BCUT2D eigenvalue weighted by molar-refractivity contribution is 6.06. The van der Waals surface area contributed by atoms with E-state index in [0.29, 0.717) is 0 Å². The van der Waals surface area contributed by atoms with Crippen LogP contribution in [-0.2, 0) is 4.74 Å². The third-order valence-corrected chi connectivity index (χ3v) is 4.99. The van der Waals surface area contributed by atoms with Gasteiger partial charge >= 0.3 is 0 Å². The molecule has 0 spiro atoms. The van der Waals surface area contributed by atoms with Crippen LogP contribution in [0.2, 0.25) is 0 Å². The Hall–Kier alpha value is -2.07. The number of allylic oxidation sites excluding steroid dienone is 4. The minimum absolute atomic E-state index is 0.0974. The second kappa shape index (κ2) is 11.1. The Balaban J connectivity index is 0.000000660. The van der Waals surface area contributed by atoms with E-state index >= 15 is 0 Å². The number of hydrogen-bond acceptors (Lipinski definition) is 4.